The van der Waals surface area contributed by atoms with Crippen LogP contribution in [-0.2, 0) is 11.5 Å². The first-order valence-corrected chi connectivity index (χ1v) is 10.8. The van der Waals surface area contributed by atoms with Gasteiger partial charge in [0.25, 0.3) is 0 Å². The maximum absolute atomic E-state index is 7.48. The van der Waals surface area contributed by atoms with E-state index < -0.39 is 0 Å². The lowest BCUT2D eigenvalue weighted by molar-refractivity contribution is 1.19. The smallest absolute Gasteiger partial charge is 0.151 e. The molecule has 0 aliphatic carbocycles. The summed E-state index contributed by atoms with van der Waals surface area (Å²) in [4.78, 5) is 2.28. The maximum Gasteiger partial charge on any atom is 0.151 e. The van der Waals surface area contributed by atoms with Gasteiger partial charge in [0.2, 0.25) is 0 Å². The highest BCUT2D eigenvalue weighted by molar-refractivity contribution is 8.93. The highest BCUT2D eigenvalue weighted by Gasteiger charge is 2.10. The van der Waals surface area contributed by atoms with E-state index in [1.165, 1.54) is 23.5 Å². The van der Waals surface area contributed by atoms with Crippen molar-refractivity contribution in [2.24, 2.45) is 11.5 Å². The number of halogens is 3. The zero-order valence-electron chi connectivity index (χ0n) is 15.8. The molecule has 5 nitrogen and oxygen atoms in total. The molecule has 29 heavy (non-hydrogen) atoms. The Morgan fingerprint density at radius 3 is 2.00 bits per heavy atom. The molecule has 0 saturated heterocycles. The fraction of sp³-hybridized carbons (Fsp3) is 0.222. The van der Waals surface area contributed by atoms with Crippen LogP contribution >= 0.6 is 86.2 Å². The summed E-state index contributed by atoms with van der Waals surface area (Å²) in [7, 11) is 0. The van der Waals surface area contributed by atoms with Gasteiger partial charge in [-0.15, -0.1) is 50.9 Å². The molecule has 2 rings (SSSR count). The summed E-state index contributed by atoms with van der Waals surface area (Å²) >= 11 is 4.34. The van der Waals surface area contributed by atoms with Crippen molar-refractivity contribution < 1.29 is 0 Å². The molecule has 0 aliphatic heterocycles. The van der Waals surface area contributed by atoms with Gasteiger partial charge in [0.1, 0.15) is 0 Å². The van der Waals surface area contributed by atoms with Crippen LogP contribution in [0.1, 0.15) is 18.1 Å². The number of hydrogen-bond acceptors (Lipinski definition) is 6. The summed E-state index contributed by atoms with van der Waals surface area (Å²) < 4.78 is 0. The summed E-state index contributed by atoms with van der Waals surface area (Å²) in [5.74, 6) is 1.33. The van der Waals surface area contributed by atoms with E-state index in [1.807, 2.05) is 12.1 Å². The molecule has 11 heteroatoms. The summed E-state index contributed by atoms with van der Waals surface area (Å²) in [5, 5.41) is 18.5. The Hall–Kier alpha value is -0.330. The fourth-order valence-electron chi connectivity index (χ4n) is 2.26. The Kier molecular flexibility index (Phi) is 17.4. The lowest BCUT2D eigenvalue weighted by atomic mass is 10.2. The van der Waals surface area contributed by atoms with Crippen molar-refractivity contribution in [2.75, 3.05) is 11.9 Å². The van der Waals surface area contributed by atoms with Gasteiger partial charge in [0.15, 0.2) is 10.3 Å². The van der Waals surface area contributed by atoms with Crippen LogP contribution in [0, 0.1) is 10.8 Å². The van der Waals surface area contributed by atoms with Gasteiger partial charge < -0.3 is 16.8 Å². The molecule has 2 aromatic carbocycles. The molecule has 0 aliphatic rings. The standard InChI is InChI=1S/C18H23N5S3.3BrH/c1-2-23-14-7-8-16(13(9-14)11-25-18(21)22)26-15-6-4-3-5-12(15)10-24-17(19)20;;;/h3-9,23H,2,10-11H2,1H3,(H3,19,20)(H3,21,22);3*1H. The molecule has 0 amide bonds. The molecule has 0 heterocycles. The van der Waals surface area contributed by atoms with Gasteiger partial charge in [-0.3, -0.25) is 10.8 Å². The first-order chi connectivity index (χ1) is 12.5. The van der Waals surface area contributed by atoms with Crippen LogP contribution in [0.4, 0.5) is 5.69 Å². The SMILES string of the molecule is Br.Br.Br.CCNc1ccc(Sc2ccccc2CSC(=N)N)c(CSC(=N)N)c1. The number of anilines is 1. The number of amidine groups is 2. The van der Waals surface area contributed by atoms with E-state index in [1.54, 1.807) is 11.8 Å². The van der Waals surface area contributed by atoms with Crippen LogP contribution in [0.5, 0.6) is 0 Å². The summed E-state index contributed by atoms with van der Waals surface area (Å²) in [5.41, 5.74) is 14.4. The zero-order chi connectivity index (χ0) is 18.9. The topological polar surface area (TPSA) is 112 Å². The van der Waals surface area contributed by atoms with Gasteiger partial charge in [-0.25, -0.2) is 0 Å². The summed E-state index contributed by atoms with van der Waals surface area (Å²) in [6, 6.07) is 14.5. The van der Waals surface area contributed by atoms with Gasteiger partial charge in [-0.05, 0) is 42.3 Å². The van der Waals surface area contributed by atoms with Crippen molar-refractivity contribution in [2.45, 2.75) is 28.2 Å². The minimum absolute atomic E-state index is 0. The Bertz CT molecular complexity index is 793. The molecular weight excluding hydrogens is 622 g/mol. The molecule has 0 spiro atoms. The molecule has 0 bridgehead atoms. The average Bonchev–Trinajstić information content (AvgIpc) is 2.61. The van der Waals surface area contributed by atoms with E-state index in [0.29, 0.717) is 11.5 Å². The molecule has 0 unspecified atom stereocenters. The van der Waals surface area contributed by atoms with Crippen LogP contribution in [0.2, 0.25) is 0 Å². The number of nitrogens with one attached hydrogen (secondary N) is 3. The quantitative estimate of drug-likeness (QED) is 0.171. The second-order valence-corrected chi connectivity index (χ2v) is 8.49. The number of thioether (sulfide) groups is 2. The molecule has 2 aromatic rings. The molecule has 0 saturated carbocycles. The van der Waals surface area contributed by atoms with Crippen LogP contribution in [0.25, 0.3) is 0 Å². The third kappa shape index (κ3) is 11.0. The molecule has 0 atom stereocenters. The van der Waals surface area contributed by atoms with Gasteiger partial charge >= 0.3 is 0 Å². The van der Waals surface area contributed by atoms with Crippen molar-refractivity contribution in [3.63, 3.8) is 0 Å². The van der Waals surface area contributed by atoms with E-state index in [2.05, 4.69) is 42.6 Å². The third-order valence-electron chi connectivity index (χ3n) is 3.40. The molecule has 0 fully saturated rings. The first-order valence-electron chi connectivity index (χ1n) is 8.05. The highest BCUT2D eigenvalue weighted by Crippen LogP contribution is 2.36. The monoisotopic (exact) mass is 645 g/mol. The van der Waals surface area contributed by atoms with E-state index >= 15 is 0 Å². The van der Waals surface area contributed by atoms with E-state index in [0.717, 1.165) is 33.2 Å². The fourth-order valence-corrected chi connectivity index (χ4v) is 4.61. The van der Waals surface area contributed by atoms with Gasteiger partial charge in [-0.1, -0.05) is 53.5 Å². The van der Waals surface area contributed by atoms with Crippen LogP contribution in [-0.4, -0.2) is 16.9 Å². The molecule has 0 aromatic heterocycles. The third-order valence-corrected chi connectivity index (χ3v) is 6.17. The normalized spacial score (nSPS) is 9.41. The highest BCUT2D eigenvalue weighted by atomic mass is 79.9. The van der Waals surface area contributed by atoms with Gasteiger partial charge in [-0.2, -0.15) is 0 Å². The lowest BCUT2D eigenvalue weighted by Crippen LogP contribution is -2.05. The van der Waals surface area contributed by atoms with Crippen molar-refractivity contribution in [3.8, 4) is 0 Å². The molecule has 162 valence electrons. The minimum atomic E-state index is 0. The van der Waals surface area contributed by atoms with Gasteiger partial charge in [0.05, 0.1) is 0 Å². The Morgan fingerprint density at radius 2 is 1.41 bits per heavy atom. The Labute approximate surface area is 216 Å². The Morgan fingerprint density at radius 1 is 0.862 bits per heavy atom. The van der Waals surface area contributed by atoms with Gasteiger partial charge in [0, 0.05) is 33.5 Å². The second kappa shape index (κ2) is 16.4. The lowest BCUT2D eigenvalue weighted by Gasteiger charge is -2.14. The van der Waals surface area contributed by atoms with Crippen LogP contribution in [0.3, 0.4) is 0 Å². The predicted octanol–water partition coefficient (Wildman–Crippen LogP) is 6.26. The maximum atomic E-state index is 7.48. The largest absolute Gasteiger partial charge is 0.385 e. The number of nitrogens with two attached hydrogens (primary N) is 2. The van der Waals surface area contributed by atoms with Crippen molar-refractivity contribution in [1.82, 2.24) is 0 Å². The molecular formula is C18H26Br3N5S3. The van der Waals surface area contributed by atoms with Crippen LogP contribution < -0.4 is 16.8 Å². The first kappa shape index (κ1) is 30.9. The van der Waals surface area contributed by atoms with Crippen molar-refractivity contribution in [1.29, 1.82) is 10.8 Å². The number of benzene rings is 2. The predicted molar refractivity (Wildman–Crippen MR) is 149 cm³/mol. The Balaban J connectivity index is 0. The average molecular weight is 648 g/mol. The molecule has 7 N–H and O–H groups in total. The summed E-state index contributed by atoms with van der Waals surface area (Å²) in [6.07, 6.45) is 0. The van der Waals surface area contributed by atoms with E-state index in [-0.39, 0.29) is 61.3 Å². The number of hydrogen-bond donors (Lipinski definition) is 5. The molecule has 0 radical (unpaired) electrons. The van der Waals surface area contributed by atoms with Crippen LogP contribution in [0.15, 0.2) is 52.3 Å². The summed E-state index contributed by atoms with van der Waals surface area (Å²) in [6.45, 7) is 2.92. The zero-order valence-corrected chi connectivity index (χ0v) is 23.4. The van der Waals surface area contributed by atoms with Crippen molar-refractivity contribution in [3.05, 3.63) is 53.6 Å². The minimum Gasteiger partial charge on any atom is -0.385 e. The van der Waals surface area contributed by atoms with Crippen molar-refractivity contribution >= 4 is 102 Å². The number of rotatable bonds is 8. The van der Waals surface area contributed by atoms with E-state index in [9.17, 15) is 0 Å². The second-order valence-electron chi connectivity index (χ2n) is 5.37. The van der Waals surface area contributed by atoms with E-state index in [4.69, 9.17) is 22.3 Å².